The first-order valence-electron chi connectivity index (χ1n) is 7.88. The molecular formula is C16H29N3. The Morgan fingerprint density at radius 2 is 1.89 bits per heavy atom. The van der Waals surface area contributed by atoms with Crippen LogP contribution < -0.4 is 0 Å². The van der Waals surface area contributed by atoms with E-state index < -0.39 is 0 Å². The SMILES string of the molecule is CN1CCC(C)(C)N(C2CCCCC2)C(CC#N)C1. The predicted molar refractivity (Wildman–Crippen MR) is 78.9 cm³/mol. The highest BCUT2D eigenvalue weighted by molar-refractivity contribution is 4.98. The van der Waals surface area contributed by atoms with Gasteiger partial charge in [0.2, 0.25) is 0 Å². The molecule has 2 rings (SSSR count). The van der Waals surface area contributed by atoms with Gasteiger partial charge >= 0.3 is 0 Å². The standard InChI is InChI=1S/C16H29N3/c1-16(2)10-12-18(3)13-15(9-11-17)19(16)14-7-5-4-6-8-14/h14-15H,4-10,12-13H2,1-3H3. The van der Waals surface area contributed by atoms with Gasteiger partial charge in [-0.2, -0.15) is 5.26 Å². The third-order valence-corrected chi connectivity index (χ3v) is 5.02. The summed E-state index contributed by atoms with van der Waals surface area (Å²) in [5.74, 6) is 0. The van der Waals surface area contributed by atoms with E-state index in [4.69, 9.17) is 0 Å². The van der Waals surface area contributed by atoms with Crippen LogP contribution >= 0.6 is 0 Å². The monoisotopic (exact) mass is 263 g/mol. The second-order valence-electron chi connectivity index (χ2n) is 7.04. The molecule has 1 heterocycles. The molecular weight excluding hydrogens is 234 g/mol. The first kappa shape index (κ1) is 14.8. The average molecular weight is 263 g/mol. The third kappa shape index (κ3) is 3.49. The molecule has 0 aromatic heterocycles. The van der Waals surface area contributed by atoms with Crippen molar-refractivity contribution in [3.63, 3.8) is 0 Å². The zero-order chi connectivity index (χ0) is 13.9. The van der Waals surface area contributed by atoms with Crippen molar-refractivity contribution in [2.75, 3.05) is 20.1 Å². The Morgan fingerprint density at radius 1 is 1.21 bits per heavy atom. The molecule has 0 N–H and O–H groups in total. The molecule has 19 heavy (non-hydrogen) atoms. The summed E-state index contributed by atoms with van der Waals surface area (Å²) in [6.45, 7) is 6.96. The maximum Gasteiger partial charge on any atom is 0.0638 e. The fourth-order valence-electron chi connectivity index (χ4n) is 4.05. The van der Waals surface area contributed by atoms with Crippen LogP contribution in [0, 0.1) is 11.3 Å². The zero-order valence-electron chi connectivity index (χ0n) is 12.9. The van der Waals surface area contributed by atoms with Crippen molar-refractivity contribution in [2.45, 2.75) is 76.4 Å². The van der Waals surface area contributed by atoms with Gasteiger partial charge in [-0.3, -0.25) is 4.90 Å². The van der Waals surface area contributed by atoms with E-state index in [1.807, 2.05) is 0 Å². The lowest BCUT2D eigenvalue weighted by Crippen LogP contribution is -2.56. The largest absolute Gasteiger partial charge is 0.305 e. The zero-order valence-corrected chi connectivity index (χ0v) is 12.9. The lowest BCUT2D eigenvalue weighted by atomic mass is 9.87. The quantitative estimate of drug-likeness (QED) is 0.767. The van der Waals surface area contributed by atoms with Gasteiger partial charge in [-0.05, 0) is 46.7 Å². The van der Waals surface area contributed by atoms with Crippen LogP contribution in [0.15, 0.2) is 0 Å². The van der Waals surface area contributed by atoms with E-state index in [9.17, 15) is 5.26 Å². The molecule has 3 heteroatoms. The molecule has 0 bridgehead atoms. The van der Waals surface area contributed by atoms with Crippen LogP contribution in [0.4, 0.5) is 0 Å². The predicted octanol–water partition coefficient (Wildman–Crippen LogP) is 3.02. The number of likely N-dealkylation sites (N-methyl/N-ethyl adjacent to an activating group) is 1. The first-order valence-corrected chi connectivity index (χ1v) is 7.88. The van der Waals surface area contributed by atoms with Crippen molar-refractivity contribution in [3.05, 3.63) is 0 Å². The molecule has 0 aromatic rings. The summed E-state index contributed by atoms with van der Waals surface area (Å²) >= 11 is 0. The Bertz CT molecular complexity index is 325. The molecule has 108 valence electrons. The van der Waals surface area contributed by atoms with E-state index in [0.717, 1.165) is 13.1 Å². The molecule has 1 aliphatic carbocycles. The summed E-state index contributed by atoms with van der Waals surface area (Å²) in [7, 11) is 2.20. The van der Waals surface area contributed by atoms with E-state index in [1.54, 1.807) is 0 Å². The highest BCUT2D eigenvalue weighted by Gasteiger charge is 2.40. The van der Waals surface area contributed by atoms with Crippen molar-refractivity contribution in [1.82, 2.24) is 9.80 Å². The van der Waals surface area contributed by atoms with Crippen LogP contribution in [0.5, 0.6) is 0 Å². The molecule has 0 aromatic carbocycles. The van der Waals surface area contributed by atoms with E-state index in [2.05, 4.69) is 36.8 Å². The number of nitriles is 1. The van der Waals surface area contributed by atoms with Crippen molar-refractivity contribution in [2.24, 2.45) is 0 Å². The van der Waals surface area contributed by atoms with Crippen molar-refractivity contribution in [1.29, 1.82) is 5.26 Å². The molecule has 1 atom stereocenters. The van der Waals surface area contributed by atoms with Crippen LogP contribution in [0.25, 0.3) is 0 Å². The van der Waals surface area contributed by atoms with E-state index in [1.165, 1.54) is 38.5 Å². The first-order chi connectivity index (χ1) is 9.04. The number of nitrogens with zero attached hydrogens (tertiary/aromatic N) is 3. The van der Waals surface area contributed by atoms with Crippen LogP contribution in [-0.2, 0) is 0 Å². The summed E-state index contributed by atoms with van der Waals surface area (Å²) in [5.41, 5.74) is 0.230. The molecule has 1 saturated heterocycles. The maximum absolute atomic E-state index is 9.19. The Kier molecular flexibility index (Phi) is 4.86. The van der Waals surface area contributed by atoms with Crippen LogP contribution in [0.2, 0.25) is 0 Å². The molecule has 0 amide bonds. The van der Waals surface area contributed by atoms with Gasteiger partial charge in [0.1, 0.15) is 0 Å². The normalized spacial score (nSPS) is 30.7. The smallest absolute Gasteiger partial charge is 0.0638 e. The third-order valence-electron chi connectivity index (χ3n) is 5.02. The van der Waals surface area contributed by atoms with Gasteiger partial charge < -0.3 is 4.90 Å². The fraction of sp³-hybridized carbons (Fsp3) is 0.938. The minimum Gasteiger partial charge on any atom is -0.305 e. The topological polar surface area (TPSA) is 30.3 Å². The van der Waals surface area contributed by atoms with Gasteiger partial charge in [0.15, 0.2) is 0 Å². The molecule has 3 nitrogen and oxygen atoms in total. The summed E-state index contributed by atoms with van der Waals surface area (Å²) in [6, 6.07) is 3.54. The number of hydrogen-bond acceptors (Lipinski definition) is 3. The number of hydrogen-bond donors (Lipinski definition) is 0. The Labute approximate surface area is 118 Å². The van der Waals surface area contributed by atoms with Crippen LogP contribution in [-0.4, -0.2) is 47.6 Å². The lowest BCUT2D eigenvalue weighted by molar-refractivity contribution is 0.0137. The second kappa shape index (κ2) is 6.24. The molecule has 1 saturated carbocycles. The summed E-state index contributed by atoms with van der Waals surface area (Å²) < 4.78 is 0. The van der Waals surface area contributed by atoms with Gasteiger partial charge in [-0.25, -0.2) is 0 Å². The van der Waals surface area contributed by atoms with Gasteiger partial charge in [0.25, 0.3) is 0 Å². The molecule has 2 fully saturated rings. The van der Waals surface area contributed by atoms with Crippen molar-refractivity contribution in [3.8, 4) is 6.07 Å². The molecule has 0 radical (unpaired) electrons. The highest BCUT2D eigenvalue weighted by atomic mass is 15.3. The van der Waals surface area contributed by atoms with Gasteiger partial charge in [-0.15, -0.1) is 0 Å². The molecule has 2 aliphatic rings. The Balaban J connectivity index is 2.21. The minimum absolute atomic E-state index is 0.230. The average Bonchev–Trinajstić information content (AvgIpc) is 2.48. The van der Waals surface area contributed by atoms with Crippen molar-refractivity contribution >= 4 is 0 Å². The van der Waals surface area contributed by atoms with Crippen LogP contribution in [0.1, 0.15) is 58.8 Å². The van der Waals surface area contributed by atoms with E-state index >= 15 is 0 Å². The maximum atomic E-state index is 9.19. The van der Waals surface area contributed by atoms with Gasteiger partial charge in [0, 0.05) is 24.2 Å². The Morgan fingerprint density at radius 3 is 2.53 bits per heavy atom. The van der Waals surface area contributed by atoms with E-state index in [0.29, 0.717) is 18.5 Å². The van der Waals surface area contributed by atoms with Crippen LogP contribution in [0.3, 0.4) is 0 Å². The fourth-order valence-corrected chi connectivity index (χ4v) is 4.05. The molecule has 0 spiro atoms. The van der Waals surface area contributed by atoms with E-state index in [-0.39, 0.29) is 5.54 Å². The minimum atomic E-state index is 0.230. The van der Waals surface area contributed by atoms with Crippen molar-refractivity contribution < 1.29 is 0 Å². The summed E-state index contributed by atoms with van der Waals surface area (Å²) in [5, 5.41) is 9.19. The number of rotatable bonds is 2. The lowest BCUT2D eigenvalue weighted by Gasteiger charge is -2.48. The van der Waals surface area contributed by atoms with Gasteiger partial charge in [-0.1, -0.05) is 19.3 Å². The second-order valence-corrected chi connectivity index (χ2v) is 7.04. The van der Waals surface area contributed by atoms with Gasteiger partial charge in [0.05, 0.1) is 12.5 Å². The molecule has 1 aliphatic heterocycles. The summed E-state index contributed by atoms with van der Waals surface area (Å²) in [4.78, 5) is 5.13. The Hall–Kier alpha value is -0.590. The summed E-state index contributed by atoms with van der Waals surface area (Å²) in [6.07, 6.45) is 8.67. The molecule has 1 unspecified atom stereocenters. The highest BCUT2D eigenvalue weighted by Crippen LogP contribution is 2.34.